The molecular formula is C51H92N2O8. The van der Waals surface area contributed by atoms with E-state index >= 15 is 0 Å². The van der Waals surface area contributed by atoms with Gasteiger partial charge in [-0.2, -0.15) is 0 Å². The lowest BCUT2D eigenvalue weighted by Gasteiger charge is -2.43. The fourth-order valence-corrected chi connectivity index (χ4v) is 8.01. The van der Waals surface area contributed by atoms with Crippen molar-refractivity contribution in [1.29, 1.82) is 0 Å². The Morgan fingerprint density at radius 2 is 1.05 bits per heavy atom. The van der Waals surface area contributed by atoms with E-state index in [0.717, 1.165) is 83.7 Å². The van der Waals surface area contributed by atoms with Gasteiger partial charge < -0.3 is 29.0 Å². The van der Waals surface area contributed by atoms with E-state index in [-0.39, 0.29) is 44.2 Å². The molecule has 1 heterocycles. The van der Waals surface area contributed by atoms with Crippen LogP contribution in [0.15, 0.2) is 24.3 Å². The van der Waals surface area contributed by atoms with E-state index in [1.807, 2.05) is 0 Å². The van der Waals surface area contributed by atoms with Crippen molar-refractivity contribution < 1.29 is 38.1 Å². The Kier molecular flexibility index (Phi) is 35.1. The van der Waals surface area contributed by atoms with Crippen LogP contribution in [0.25, 0.3) is 0 Å². The second kappa shape index (κ2) is 39.2. The maximum atomic E-state index is 13.0. The third-order valence-electron chi connectivity index (χ3n) is 12.0. The van der Waals surface area contributed by atoms with Gasteiger partial charge in [0.25, 0.3) is 0 Å². The first kappa shape index (κ1) is 54.7. The van der Waals surface area contributed by atoms with Crippen LogP contribution in [0.3, 0.4) is 0 Å². The van der Waals surface area contributed by atoms with Gasteiger partial charge in [0.15, 0.2) is 6.29 Å². The van der Waals surface area contributed by atoms with Crippen LogP contribution in [0, 0.1) is 5.92 Å². The fraction of sp³-hybridized carbons (Fsp3) is 0.863. The van der Waals surface area contributed by atoms with Gasteiger partial charge >= 0.3 is 18.0 Å². The number of rotatable bonds is 41. The maximum Gasteiger partial charge on any atom is 0.407 e. The van der Waals surface area contributed by atoms with Crippen molar-refractivity contribution in [3.63, 3.8) is 0 Å². The minimum absolute atomic E-state index is 0.0100. The lowest BCUT2D eigenvalue weighted by Crippen LogP contribution is -2.61. The second-order valence-corrected chi connectivity index (χ2v) is 17.8. The molecular weight excluding hydrogens is 769 g/mol. The number of unbranched alkanes of at least 4 members (excludes halogenated alkanes) is 18. The number of hydrogen-bond donors (Lipinski definition) is 1. The molecule has 1 unspecified atom stereocenters. The van der Waals surface area contributed by atoms with Crippen LogP contribution in [-0.4, -0.2) is 87.4 Å². The molecule has 354 valence electrons. The van der Waals surface area contributed by atoms with Crippen molar-refractivity contribution in [1.82, 2.24) is 10.2 Å². The summed E-state index contributed by atoms with van der Waals surface area (Å²) in [5.41, 5.74) is 0. The van der Waals surface area contributed by atoms with Gasteiger partial charge in [0, 0.05) is 45.2 Å². The molecule has 0 spiro atoms. The predicted octanol–water partition coefficient (Wildman–Crippen LogP) is 12.7. The van der Waals surface area contributed by atoms with Crippen LogP contribution < -0.4 is 5.32 Å². The summed E-state index contributed by atoms with van der Waals surface area (Å²) in [6.45, 7) is 9.60. The Labute approximate surface area is 373 Å². The molecule has 1 aliphatic carbocycles. The van der Waals surface area contributed by atoms with E-state index in [0.29, 0.717) is 32.1 Å². The van der Waals surface area contributed by atoms with Crippen LogP contribution in [0.4, 0.5) is 4.79 Å². The summed E-state index contributed by atoms with van der Waals surface area (Å²) in [6.07, 6.45) is 40.6. The number of allylic oxidation sites excluding steroid dienone is 4. The van der Waals surface area contributed by atoms with Crippen LogP contribution in [0.1, 0.15) is 213 Å². The van der Waals surface area contributed by atoms with E-state index in [1.165, 1.54) is 103 Å². The van der Waals surface area contributed by atoms with Gasteiger partial charge in [0.2, 0.25) is 0 Å². The first-order valence-electron chi connectivity index (χ1n) is 25.5. The van der Waals surface area contributed by atoms with Crippen molar-refractivity contribution >= 4 is 18.0 Å². The molecule has 1 N–H and O–H groups in total. The molecule has 0 aromatic carbocycles. The molecule has 0 aromatic rings. The molecule has 1 saturated heterocycles. The molecule has 1 aliphatic heterocycles. The van der Waals surface area contributed by atoms with E-state index in [9.17, 15) is 14.4 Å². The van der Waals surface area contributed by atoms with Gasteiger partial charge in [0.05, 0.1) is 18.4 Å². The molecule has 0 aromatic heterocycles. The molecule has 10 heteroatoms. The van der Waals surface area contributed by atoms with Crippen LogP contribution in [0.2, 0.25) is 0 Å². The standard InChI is InChI=1S/C51H92N2O8/c1-4-7-10-13-16-17-18-19-20-21-22-23-24-25-28-35-48(54)59-42-45(44-61-51(56)52-46-40-53(41-46)47-33-29-30-34-47)43-60-49(55)36-37-50(57-38-31-26-14-11-8-5-2)58-39-32-27-15-12-9-6-3/h16-17,19-20,45-47,50H,4-15,18,21-44H2,1-3H3,(H,52,56)/b17-16-,20-19-. The van der Waals surface area contributed by atoms with Crippen molar-refractivity contribution in [3.8, 4) is 0 Å². The summed E-state index contributed by atoms with van der Waals surface area (Å²) in [4.78, 5) is 40.9. The van der Waals surface area contributed by atoms with Gasteiger partial charge in [-0.3, -0.25) is 14.5 Å². The molecule has 61 heavy (non-hydrogen) atoms. The van der Waals surface area contributed by atoms with Crippen molar-refractivity contribution in [2.45, 2.75) is 232 Å². The number of likely N-dealkylation sites (tertiary alicyclic amines) is 1. The van der Waals surface area contributed by atoms with Crippen LogP contribution in [-0.2, 0) is 33.3 Å². The minimum atomic E-state index is -0.489. The Balaban J connectivity index is 1.75. The highest BCUT2D eigenvalue weighted by atomic mass is 16.7. The summed E-state index contributed by atoms with van der Waals surface area (Å²) < 4.78 is 29.2. The number of esters is 2. The lowest BCUT2D eigenvalue weighted by molar-refractivity contribution is -0.161. The smallest absolute Gasteiger partial charge is 0.407 e. The fourth-order valence-electron chi connectivity index (χ4n) is 8.01. The summed E-state index contributed by atoms with van der Waals surface area (Å²) in [5.74, 6) is -1.12. The number of amides is 1. The summed E-state index contributed by atoms with van der Waals surface area (Å²) in [5, 5.41) is 2.97. The molecule has 0 bridgehead atoms. The predicted molar refractivity (Wildman–Crippen MR) is 249 cm³/mol. The zero-order valence-electron chi connectivity index (χ0n) is 39.5. The number of ether oxygens (including phenoxy) is 5. The average molecular weight is 861 g/mol. The average Bonchev–Trinajstić information content (AvgIpc) is 3.78. The Bertz CT molecular complexity index is 1100. The maximum absolute atomic E-state index is 13.0. The SMILES string of the molecule is CCCCC/C=C\C/C=C\CCCCCCCC(=O)OCC(COC(=O)CCC(OCCCCCCCC)OCCCCCCCC)COC(=O)NC1CN(C2CCCC2)C1. The van der Waals surface area contributed by atoms with Crippen molar-refractivity contribution in [3.05, 3.63) is 24.3 Å². The lowest BCUT2D eigenvalue weighted by atomic mass is 10.0. The molecule has 1 atom stereocenters. The number of nitrogens with zero attached hydrogens (tertiary/aromatic N) is 1. The quantitative estimate of drug-likeness (QED) is 0.0211. The molecule has 2 rings (SSSR count). The molecule has 10 nitrogen and oxygen atoms in total. The Morgan fingerprint density at radius 1 is 0.574 bits per heavy atom. The summed E-state index contributed by atoms with van der Waals surface area (Å²) in [6, 6.07) is 0.715. The van der Waals surface area contributed by atoms with E-state index in [2.05, 4.69) is 55.3 Å². The zero-order valence-corrected chi connectivity index (χ0v) is 39.5. The van der Waals surface area contributed by atoms with E-state index in [1.54, 1.807) is 0 Å². The third kappa shape index (κ3) is 31.1. The number of hydrogen-bond acceptors (Lipinski definition) is 9. The van der Waals surface area contributed by atoms with Crippen LogP contribution >= 0.6 is 0 Å². The summed E-state index contributed by atoms with van der Waals surface area (Å²) in [7, 11) is 0. The van der Waals surface area contributed by atoms with Gasteiger partial charge in [0.1, 0.15) is 19.8 Å². The Morgan fingerprint density at radius 3 is 1.64 bits per heavy atom. The minimum Gasteiger partial charge on any atom is -0.465 e. The van der Waals surface area contributed by atoms with Crippen molar-refractivity contribution in [2.24, 2.45) is 5.92 Å². The molecule has 2 aliphatic rings. The number of carbonyl (C=O) groups is 3. The largest absolute Gasteiger partial charge is 0.465 e. The number of alkyl carbamates (subject to hydrolysis) is 1. The monoisotopic (exact) mass is 861 g/mol. The number of nitrogens with one attached hydrogen (secondary N) is 1. The first-order chi connectivity index (χ1) is 29.9. The number of carbonyl (C=O) groups excluding carboxylic acids is 3. The van der Waals surface area contributed by atoms with Gasteiger partial charge in [-0.05, 0) is 64.2 Å². The molecule has 2 fully saturated rings. The second-order valence-electron chi connectivity index (χ2n) is 17.8. The van der Waals surface area contributed by atoms with Gasteiger partial charge in [-0.25, -0.2) is 4.79 Å². The van der Waals surface area contributed by atoms with Gasteiger partial charge in [-0.1, -0.05) is 154 Å². The van der Waals surface area contributed by atoms with E-state index < -0.39 is 18.3 Å². The van der Waals surface area contributed by atoms with E-state index in [4.69, 9.17) is 23.7 Å². The molecule has 1 saturated carbocycles. The zero-order chi connectivity index (χ0) is 43.9. The van der Waals surface area contributed by atoms with Gasteiger partial charge in [-0.15, -0.1) is 0 Å². The third-order valence-corrected chi connectivity index (χ3v) is 12.0. The summed E-state index contributed by atoms with van der Waals surface area (Å²) >= 11 is 0. The molecule has 1 amide bonds. The highest BCUT2D eigenvalue weighted by Crippen LogP contribution is 2.27. The normalized spacial score (nSPS) is 15.5. The molecule has 0 radical (unpaired) electrons. The topological polar surface area (TPSA) is 113 Å². The highest BCUT2D eigenvalue weighted by Gasteiger charge is 2.34. The first-order valence-corrected chi connectivity index (χ1v) is 25.5. The highest BCUT2D eigenvalue weighted by molar-refractivity contribution is 5.70. The van der Waals surface area contributed by atoms with Crippen molar-refractivity contribution in [2.75, 3.05) is 46.1 Å². The Hall–Kier alpha value is -2.43. The van der Waals surface area contributed by atoms with Crippen LogP contribution in [0.5, 0.6) is 0 Å².